The molecule has 92 valence electrons. The van der Waals surface area contributed by atoms with E-state index in [0.29, 0.717) is 11.3 Å². The summed E-state index contributed by atoms with van der Waals surface area (Å²) in [6.45, 7) is 5.41. The third-order valence-electron chi connectivity index (χ3n) is 2.16. The Bertz CT molecular complexity index is 441. The fraction of sp³-hybridized carbons (Fsp3) is 0.333. The maximum atomic E-state index is 11.5. The summed E-state index contributed by atoms with van der Waals surface area (Å²) in [5.41, 5.74) is 1.13. The number of benzene rings is 1. The number of para-hydroxylation sites is 1. The van der Waals surface area contributed by atoms with Gasteiger partial charge in [0.25, 0.3) is 0 Å². The maximum absolute atomic E-state index is 11.5. The summed E-state index contributed by atoms with van der Waals surface area (Å²) in [6, 6.07) is 4.44. The molecule has 1 aromatic rings. The van der Waals surface area contributed by atoms with Gasteiger partial charge in [-0.2, -0.15) is 0 Å². The van der Waals surface area contributed by atoms with Crippen LogP contribution in [0.5, 0.6) is 0 Å². The SMILES string of the molecule is Cc1cccc(C(=O)O)c1NC(=O)NC(C)C. The van der Waals surface area contributed by atoms with Crippen molar-refractivity contribution in [3.05, 3.63) is 29.3 Å². The Kier molecular flexibility index (Phi) is 4.09. The number of nitrogens with one attached hydrogen (secondary N) is 2. The summed E-state index contributed by atoms with van der Waals surface area (Å²) in [4.78, 5) is 22.5. The highest BCUT2D eigenvalue weighted by Crippen LogP contribution is 2.20. The standard InChI is InChI=1S/C12H16N2O3/c1-7(2)13-12(17)14-10-8(3)5-4-6-9(10)11(15)16/h4-7H,1-3H3,(H,15,16)(H2,13,14,17). The fourth-order valence-corrected chi connectivity index (χ4v) is 1.42. The van der Waals surface area contributed by atoms with Gasteiger partial charge in [0.05, 0.1) is 11.3 Å². The quantitative estimate of drug-likeness (QED) is 0.753. The molecule has 0 spiro atoms. The summed E-state index contributed by atoms with van der Waals surface area (Å²) >= 11 is 0. The molecule has 5 nitrogen and oxygen atoms in total. The molecule has 1 aromatic carbocycles. The lowest BCUT2D eigenvalue weighted by molar-refractivity contribution is 0.0698. The third kappa shape index (κ3) is 3.48. The van der Waals surface area contributed by atoms with Crippen LogP contribution in [0.15, 0.2) is 18.2 Å². The first-order valence-corrected chi connectivity index (χ1v) is 5.32. The number of aromatic carboxylic acids is 1. The van der Waals surface area contributed by atoms with Gasteiger partial charge in [-0.05, 0) is 32.4 Å². The zero-order valence-electron chi connectivity index (χ0n) is 10.1. The molecule has 17 heavy (non-hydrogen) atoms. The third-order valence-corrected chi connectivity index (χ3v) is 2.16. The second kappa shape index (κ2) is 5.34. The minimum absolute atomic E-state index is 0.00713. The zero-order chi connectivity index (χ0) is 13.0. The van der Waals surface area contributed by atoms with Gasteiger partial charge in [0.15, 0.2) is 0 Å². The van der Waals surface area contributed by atoms with Crippen molar-refractivity contribution in [2.75, 3.05) is 5.32 Å². The van der Waals surface area contributed by atoms with Crippen LogP contribution < -0.4 is 10.6 Å². The van der Waals surface area contributed by atoms with Crippen molar-refractivity contribution in [2.45, 2.75) is 26.8 Å². The molecule has 0 bridgehead atoms. The van der Waals surface area contributed by atoms with E-state index in [9.17, 15) is 9.59 Å². The number of hydrogen-bond donors (Lipinski definition) is 3. The van der Waals surface area contributed by atoms with Crippen LogP contribution in [-0.4, -0.2) is 23.1 Å². The van der Waals surface area contributed by atoms with Crippen molar-refractivity contribution in [3.63, 3.8) is 0 Å². The Hall–Kier alpha value is -2.04. The van der Waals surface area contributed by atoms with Crippen molar-refractivity contribution in [2.24, 2.45) is 0 Å². The van der Waals surface area contributed by atoms with Gasteiger partial charge >= 0.3 is 12.0 Å². The average Bonchev–Trinajstić information content (AvgIpc) is 2.19. The maximum Gasteiger partial charge on any atom is 0.337 e. The van der Waals surface area contributed by atoms with Gasteiger partial charge in [0, 0.05) is 6.04 Å². The molecule has 0 aliphatic rings. The first-order chi connectivity index (χ1) is 7.91. The van der Waals surface area contributed by atoms with Crippen molar-refractivity contribution in [1.82, 2.24) is 5.32 Å². The summed E-state index contributed by atoms with van der Waals surface area (Å²) < 4.78 is 0. The summed E-state index contributed by atoms with van der Waals surface area (Å²) in [7, 11) is 0. The summed E-state index contributed by atoms with van der Waals surface area (Å²) in [5, 5.41) is 14.2. The van der Waals surface area contributed by atoms with E-state index in [4.69, 9.17) is 5.11 Å². The minimum Gasteiger partial charge on any atom is -0.478 e. The lowest BCUT2D eigenvalue weighted by Gasteiger charge is -2.13. The van der Waals surface area contributed by atoms with Gasteiger partial charge in [-0.15, -0.1) is 0 Å². The van der Waals surface area contributed by atoms with Gasteiger partial charge in [-0.25, -0.2) is 9.59 Å². The van der Waals surface area contributed by atoms with E-state index in [0.717, 1.165) is 0 Å². The number of aryl methyl sites for hydroxylation is 1. The lowest BCUT2D eigenvalue weighted by atomic mass is 10.1. The predicted octanol–water partition coefficient (Wildman–Crippen LogP) is 2.22. The number of rotatable bonds is 3. The monoisotopic (exact) mass is 236 g/mol. The van der Waals surface area contributed by atoms with E-state index in [2.05, 4.69) is 10.6 Å². The molecule has 0 aliphatic carbocycles. The highest BCUT2D eigenvalue weighted by atomic mass is 16.4. The second-order valence-corrected chi connectivity index (χ2v) is 4.06. The Morgan fingerprint density at radius 2 is 1.94 bits per heavy atom. The molecule has 0 heterocycles. The molecule has 0 saturated heterocycles. The van der Waals surface area contributed by atoms with E-state index in [-0.39, 0.29) is 11.6 Å². The predicted molar refractivity (Wildman–Crippen MR) is 65.4 cm³/mol. The number of carbonyl (C=O) groups excluding carboxylic acids is 1. The molecule has 2 amide bonds. The van der Waals surface area contributed by atoms with Crippen molar-refractivity contribution < 1.29 is 14.7 Å². The minimum atomic E-state index is -1.06. The Balaban J connectivity index is 2.97. The number of anilines is 1. The fourth-order valence-electron chi connectivity index (χ4n) is 1.42. The van der Waals surface area contributed by atoms with Crippen LogP contribution in [0.2, 0.25) is 0 Å². The molecule has 0 aliphatic heterocycles. The number of amides is 2. The molecule has 0 aromatic heterocycles. The average molecular weight is 236 g/mol. The van der Waals surface area contributed by atoms with Crippen LogP contribution in [0.3, 0.4) is 0 Å². The number of carbonyl (C=O) groups is 2. The molecule has 0 unspecified atom stereocenters. The van der Waals surface area contributed by atoms with Gasteiger partial charge < -0.3 is 15.7 Å². The summed E-state index contributed by atoms with van der Waals surface area (Å²) in [5.74, 6) is -1.06. The largest absolute Gasteiger partial charge is 0.478 e. The van der Waals surface area contributed by atoms with Crippen LogP contribution in [0.4, 0.5) is 10.5 Å². The van der Waals surface area contributed by atoms with Crippen LogP contribution >= 0.6 is 0 Å². The zero-order valence-corrected chi connectivity index (χ0v) is 10.1. The van der Waals surface area contributed by atoms with Gasteiger partial charge in [0.2, 0.25) is 0 Å². The first kappa shape index (κ1) is 13.0. The van der Waals surface area contributed by atoms with Crippen molar-refractivity contribution in [1.29, 1.82) is 0 Å². The van der Waals surface area contributed by atoms with Crippen LogP contribution in [0.1, 0.15) is 29.8 Å². The van der Waals surface area contributed by atoms with E-state index in [1.54, 1.807) is 19.1 Å². The smallest absolute Gasteiger partial charge is 0.337 e. The molecule has 1 rings (SSSR count). The Morgan fingerprint density at radius 1 is 1.29 bits per heavy atom. The molecular formula is C12H16N2O3. The van der Waals surface area contributed by atoms with Gasteiger partial charge in [-0.3, -0.25) is 0 Å². The highest BCUT2D eigenvalue weighted by Gasteiger charge is 2.14. The number of carboxylic acid groups (broad SMARTS) is 1. The van der Waals surface area contributed by atoms with E-state index >= 15 is 0 Å². The van der Waals surface area contributed by atoms with Gasteiger partial charge in [-0.1, -0.05) is 12.1 Å². The molecule has 5 heteroatoms. The second-order valence-electron chi connectivity index (χ2n) is 4.06. The summed E-state index contributed by atoms with van der Waals surface area (Å²) in [6.07, 6.45) is 0. The topological polar surface area (TPSA) is 78.4 Å². The Morgan fingerprint density at radius 3 is 2.47 bits per heavy atom. The first-order valence-electron chi connectivity index (χ1n) is 5.32. The van der Waals surface area contributed by atoms with E-state index in [1.807, 2.05) is 13.8 Å². The van der Waals surface area contributed by atoms with E-state index in [1.165, 1.54) is 6.07 Å². The molecule has 0 saturated carbocycles. The number of urea groups is 1. The van der Waals surface area contributed by atoms with Crippen molar-refractivity contribution >= 4 is 17.7 Å². The van der Waals surface area contributed by atoms with Crippen LogP contribution in [-0.2, 0) is 0 Å². The van der Waals surface area contributed by atoms with E-state index < -0.39 is 12.0 Å². The molecule has 3 N–H and O–H groups in total. The van der Waals surface area contributed by atoms with Crippen LogP contribution in [0.25, 0.3) is 0 Å². The lowest BCUT2D eigenvalue weighted by Crippen LogP contribution is -2.34. The van der Waals surface area contributed by atoms with Crippen LogP contribution in [0, 0.1) is 6.92 Å². The normalized spacial score (nSPS) is 10.1. The number of hydrogen-bond acceptors (Lipinski definition) is 2. The molecular weight excluding hydrogens is 220 g/mol. The molecule has 0 fully saturated rings. The Labute approximate surface area is 99.8 Å². The molecule has 0 radical (unpaired) electrons. The molecule has 0 atom stereocenters. The number of carboxylic acids is 1. The van der Waals surface area contributed by atoms with Gasteiger partial charge in [0.1, 0.15) is 0 Å². The van der Waals surface area contributed by atoms with Crippen molar-refractivity contribution in [3.8, 4) is 0 Å². The highest BCUT2D eigenvalue weighted by molar-refractivity contribution is 6.01.